The molecule has 5 nitrogen and oxygen atoms in total. The van der Waals surface area contributed by atoms with Crippen molar-refractivity contribution in [2.75, 3.05) is 19.7 Å². The molecule has 0 spiro atoms. The van der Waals surface area contributed by atoms with Gasteiger partial charge < -0.3 is 10.1 Å². The van der Waals surface area contributed by atoms with Crippen molar-refractivity contribution in [1.29, 1.82) is 0 Å². The summed E-state index contributed by atoms with van der Waals surface area (Å²) >= 11 is 5.96. The minimum absolute atomic E-state index is 0.100. The van der Waals surface area contributed by atoms with Gasteiger partial charge in [0.05, 0.1) is 17.8 Å². The van der Waals surface area contributed by atoms with Crippen molar-refractivity contribution in [3.63, 3.8) is 0 Å². The van der Waals surface area contributed by atoms with E-state index in [1.165, 1.54) is 6.20 Å². The second-order valence-electron chi connectivity index (χ2n) is 3.58. The summed E-state index contributed by atoms with van der Waals surface area (Å²) in [5.41, 5.74) is 0.442. The lowest BCUT2D eigenvalue weighted by molar-refractivity contribution is 0.0261. The van der Waals surface area contributed by atoms with Gasteiger partial charge in [-0.15, -0.1) is 0 Å². The first-order chi connectivity index (χ1) is 7.74. The first kappa shape index (κ1) is 11.6. The number of hydrogen-bond acceptors (Lipinski definition) is 4. The van der Waals surface area contributed by atoms with E-state index in [0.29, 0.717) is 30.4 Å². The van der Waals surface area contributed by atoms with Crippen LogP contribution in [0.3, 0.4) is 0 Å². The lowest BCUT2D eigenvalue weighted by atomic mass is 10.1. The van der Waals surface area contributed by atoms with Gasteiger partial charge in [-0.05, 0) is 6.92 Å². The molecule has 0 aromatic carbocycles. The van der Waals surface area contributed by atoms with Crippen molar-refractivity contribution in [2.24, 2.45) is 0 Å². The minimum atomic E-state index is -0.451. The van der Waals surface area contributed by atoms with Gasteiger partial charge in [-0.3, -0.25) is 9.48 Å². The monoisotopic (exact) mass is 243 g/mol. The van der Waals surface area contributed by atoms with Crippen LogP contribution in [-0.4, -0.2) is 41.4 Å². The second kappa shape index (κ2) is 4.95. The Hall–Kier alpha value is -0.910. The first-order valence-corrected chi connectivity index (χ1v) is 5.69. The van der Waals surface area contributed by atoms with Crippen LogP contribution >= 0.6 is 11.6 Å². The van der Waals surface area contributed by atoms with Gasteiger partial charge in [-0.1, -0.05) is 11.6 Å². The molecule has 6 heteroatoms. The number of rotatable bonds is 3. The number of morpholine rings is 1. The number of ether oxygens (including phenoxy) is 1. The number of carbonyl (C=O) groups is 1. The van der Waals surface area contributed by atoms with Crippen molar-refractivity contribution in [1.82, 2.24) is 15.1 Å². The van der Waals surface area contributed by atoms with Gasteiger partial charge in [-0.25, -0.2) is 0 Å². The number of ketones is 1. The Balaban J connectivity index is 2.21. The van der Waals surface area contributed by atoms with E-state index in [-0.39, 0.29) is 5.78 Å². The Morgan fingerprint density at radius 2 is 2.62 bits per heavy atom. The summed E-state index contributed by atoms with van der Waals surface area (Å²) in [6.45, 7) is 4.40. The predicted octanol–water partition coefficient (Wildman–Crippen LogP) is 0.728. The van der Waals surface area contributed by atoms with Crippen LogP contribution in [0.5, 0.6) is 0 Å². The summed E-state index contributed by atoms with van der Waals surface area (Å²) in [6.07, 6.45) is 1.04. The first-order valence-electron chi connectivity index (χ1n) is 5.32. The van der Waals surface area contributed by atoms with E-state index in [1.54, 1.807) is 4.68 Å². The molecule has 2 rings (SSSR count). The molecule has 1 unspecified atom stereocenters. The van der Waals surface area contributed by atoms with Gasteiger partial charge >= 0.3 is 0 Å². The maximum Gasteiger partial charge on any atom is 0.212 e. The van der Waals surface area contributed by atoms with Gasteiger partial charge in [-0.2, -0.15) is 5.10 Å². The van der Waals surface area contributed by atoms with Crippen LogP contribution in [0.2, 0.25) is 5.02 Å². The molecule has 0 saturated carbocycles. The Labute approximate surface area is 98.7 Å². The second-order valence-corrected chi connectivity index (χ2v) is 3.99. The Kier molecular flexibility index (Phi) is 3.58. The molecule has 1 fully saturated rings. The van der Waals surface area contributed by atoms with E-state index in [2.05, 4.69) is 10.4 Å². The molecule has 1 N–H and O–H groups in total. The highest BCUT2D eigenvalue weighted by Gasteiger charge is 2.27. The normalized spacial score (nSPS) is 21.0. The molecule has 1 aliphatic heterocycles. The SMILES string of the molecule is CCn1ncc(Cl)c1C(=O)C1CNCCO1. The molecule has 2 heterocycles. The molecule has 1 atom stereocenters. The maximum absolute atomic E-state index is 12.2. The van der Waals surface area contributed by atoms with Crippen LogP contribution < -0.4 is 5.32 Å². The van der Waals surface area contributed by atoms with Crippen molar-refractivity contribution in [3.8, 4) is 0 Å². The van der Waals surface area contributed by atoms with Crippen LogP contribution in [0.1, 0.15) is 17.4 Å². The van der Waals surface area contributed by atoms with Gasteiger partial charge in [0, 0.05) is 19.6 Å². The zero-order valence-electron chi connectivity index (χ0n) is 9.07. The average Bonchev–Trinajstić information content (AvgIpc) is 2.70. The third-order valence-electron chi connectivity index (χ3n) is 2.55. The molecule has 1 aromatic heterocycles. The van der Waals surface area contributed by atoms with Gasteiger partial charge in [0.25, 0.3) is 0 Å². The number of carbonyl (C=O) groups excluding carboxylic acids is 1. The quantitative estimate of drug-likeness (QED) is 0.796. The van der Waals surface area contributed by atoms with Crippen LogP contribution in [-0.2, 0) is 11.3 Å². The van der Waals surface area contributed by atoms with Gasteiger partial charge in [0.2, 0.25) is 5.78 Å². The fraction of sp³-hybridized carbons (Fsp3) is 0.600. The number of nitrogens with zero attached hydrogens (tertiary/aromatic N) is 2. The largest absolute Gasteiger partial charge is 0.367 e. The zero-order valence-corrected chi connectivity index (χ0v) is 9.83. The summed E-state index contributed by atoms with van der Waals surface area (Å²) < 4.78 is 7.01. The fourth-order valence-electron chi connectivity index (χ4n) is 1.73. The van der Waals surface area contributed by atoms with E-state index < -0.39 is 6.10 Å². The molecular formula is C10H14ClN3O2. The molecule has 88 valence electrons. The average molecular weight is 244 g/mol. The zero-order chi connectivity index (χ0) is 11.5. The van der Waals surface area contributed by atoms with E-state index >= 15 is 0 Å². The highest BCUT2D eigenvalue weighted by atomic mass is 35.5. The van der Waals surface area contributed by atoms with E-state index in [9.17, 15) is 4.79 Å². The summed E-state index contributed by atoms with van der Waals surface area (Å²) in [6, 6.07) is 0. The van der Waals surface area contributed by atoms with Gasteiger partial charge in [0.15, 0.2) is 0 Å². The van der Waals surface area contributed by atoms with Crippen molar-refractivity contribution >= 4 is 17.4 Å². The number of Topliss-reactive ketones (excluding diaryl/α,β-unsaturated/α-hetero) is 1. The summed E-state index contributed by atoms with van der Waals surface area (Å²) in [5, 5.41) is 7.54. The third-order valence-corrected chi connectivity index (χ3v) is 2.82. The number of halogens is 1. The van der Waals surface area contributed by atoms with Crippen molar-refractivity contribution in [3.05, 3.63) is 16.9 Å². The smallest absolute Gasteiger partial charge is 0.212 e. The summed E-state index contributed by atoms with van der Waals surface area (Å²) in [5.74, 6) is -0.100. The standard InChI is InChI=1S/C10H14ClN3O2/c1-2-14-9(7(11)5-13-14)10(15)8-6-12-3-4-16-8/h5,8,12H,2-4,6H2,1H3. The maximum atomic E-state index is 12.2. The van der Waals surface area contributed by atoms with E-state index in [0.717, 1.165) is 6.54 Å². The molecule has 0 radical (unpaired) electrons. The fourth-order valence-corrected chi connectivity index (χ4v) is 1.97. The molecule has 1 aliphatic rings. The van der Waals surface area contributed by atoms with Crippen molar-refractivity contribution in [2.45, 2.75) is 19.6 Å². The number of aromatic nitrogens is 2. The summed E-state index contributed by atoms with van der Waals surface area (Å²) in [7, 11) is 0. The molecule has 1 aromatic rings. The van der Waals surface area contributed by atoms with Crippen LogP contribution in [0, 0.1) is 0 Å². The number of aryl methyl sites for hydroxylation is 1. The molecule has 0 aliphatic carbocycles. The van der Waals surface area contributed by atoms with Crippen LogP contribution in [0.25, 0.3) is 0 Å². The van der Waals surface area contributed by atoms with E-state index in [1.807, 2.05) is 6.92 Å². The number of nitrogens with one attached hydrogen (secondary N) is 1. The van der Waals surface area contributed by atoms with Crippen molar-refractivity contribution < 1.29 is 9.53 Å². The predicted molar refractivity (Wildman–Crippen MR) is 59.9 cm³/mol. The van der Waals surface area contributed by atoms with Crippen LogP contribution in [0.15, 0.2) is 6.20 Å². The molecule has 0 bridgehead atoms. The molecule has 1 saturated heterocycles. The lowest BCUT2D eigenvalue weighted by Crippen LogP contribution is -2.43. The number of hydrogen-bond donors (Lipinski definition) is 1. The highest BCUT2D eigenvalue weighted by Crippen LogP contribution is 2.18. The van der Waals surface area contributed by atoms with Gasteiger partial charge in [0.1, 0.15) is 11.8 Å². The van der Waals surface area contributed by atoms with Crippen LogP contribution in [0.4, 0.5) is 0 Å². The lowest BCUT2D eigenvalue weighted by Gasteiger charge is -2.22. The molecule has 0 amide bonds. The summed E-state index contributed by atoms with van der Waals surface area (Å²) in [4.78, 5) is 12.2. The molecule has 16 heavy (non-hydrogen) atoms. The Morgan fingerprint density at radius 1 is 1.81 bits per heavy atom. The Morgan fingerprint density at radius 3 is 3.25 bits per heavy atom. The highest BCUT2D eigenvalue weighted by molar-refractivity contribution is 6.33. The third kappa shape index (κ3) is 2.11. The minimum Gasteiger partial charge on any atom is -0.367 e. The molecular weight excluding hydrogens is 230 g/mol. The Bertz CT molecular complexity index is 385. The van der Waals surface area contributed by atoms with E-state index in [4.69, 9.17) is 16.3 Å². The topological polar surface area (TPSA) is 56.2 Å².